The predicted octanol–water partition coefficient (Wildman–Crippen LogP) is 1.78. The fraction of sp³-hybridized carbons (Fsp3) is 0.786. The highest BCUT2D eigenvalue weighted by Crippen LogP contribution is 2.29. The molecule has 2 N–H and O–H groups in total. The highest BCUT2D eigenvalue weighted by atomic mass is 32.2. The standard InChI is InChI=1S/C14H26N4O2S/c1-4-15-10-13-11(3)16-17-14(13)21(19,20)18(5-2)12-8-6-7-9-12/h12,15H,4-10H2,1-3H3,(H,16,17). The minimum absolute atomic E-state index is 0.129. The summed E-state index contributed by atoms with van der Waals surface area (Å²) in [5, 5.41) is 10.3. The van der Waals surface area contributed by atoms with Gasteiger partial charge in [-0.1, -0.05) is 26.7 Å². The molecule has 0 spiro atoms. The van der Waals surface area contributed by atoms with Crippen molar-refractivity contribution in [1.82, 2.24) is 19.8 Å². The van der Waals surface area contributed by atoms with E-state index < -0.39 is 10.0 Å². The number of sulfonamides is 1. The first-order chi connectivity index (χ1) is 10.0. The minimum Gasteiger partial charge on any atom is -0.313 e. The Bertz CT molecular complexity index is 562. The Morgan fingerprint density at radius 2 is 2.00 bits per heavy atom. The van der Waals surface area contributed by atoms with Gasteiger partial charge in [-0.15, -0.1) is 0 Å². The maximum Gasteiger partial charge on any atom is 0.262 e. The summed E-state index contributed by atoms with van der Waals surface area (Å²) in [5.41, 5.74) is 1.57. The Morgan fingerprint density at radius 3 is 2.57 bits per heavy atom. The lowest BCUT2D eigenvalue weighted by Gasteiger charge is -2.26. The van der Waals surface area contributed by atoms with Gasteiger partial charge in [-0.25, -0.2) is 8.42 Å². The fourth-order valence-electron chi connectivity index (χ4n) is 3.03. The summed E-state index contributed by atoms with van der Waals surface area (Å²) >= 11 is 0. The van der Waals surface area contributed by atoms with E-state index in [1.54, 1.807) is 4.31 Å². The third-order valence-corrected chi connectivity index (χ3v) is 6.18. The monoisotopic (exact) mass is 314 g/mol. The van der Waals surface area contributed by atoms with Crippen LogP contribution in [0.15, 0.2) is 5.03 Å². The van der Waals surface area contributed by atoms with Gasteiger partial charge in [0.2, 0.25) is 0 Å². The normalized spacial score (nSPS) is 17.0. The molecule has 0 saturated heterocycles. The van der Waals surface area contributed by atoms with Gasteiger partial charge >= 0.3 is 0 Å². The van der Waals surface area contributed by atoms with Crippen molar-refractivity contribution in [3.05, 3.63) is 11.3 Å². The Morgan fingerprint density at radius 1 is 1.33 bits per heavy atom. The molecule has 0 bridgehead atoms. The topological polar surface area (TPSA) is 78.1 Å². The first kappa shape index (κ1) is 16.5. The number of nitrogens with zero attached hydrogens (tertiary/aromatic N) is 2. The van der Waals surface area contributed by atoms with Crippen molar-refractivity contribution < 1.29 is 8.42 Å². The Kier molecular flexibility index (Phi) is 5.40. The molecular weight excluding hydrogens is 288 g/mol. The maximum absolute atomic E-state index is 13.0. The smallest absolute Gasteiger partial charge is 0.262 e. The molecule has 0 amide bonds. The van der Waals surface area contributed by atoms with Gasteiger partial charge < -0.3 is 5.32 Å². The zero-order valence-corrected chi connectivity index (χ0v) is 14.0. The van der Waals surface area contributed by atoms with Gasteiger partial charge in [-0.2, -0.15) is 9.40 Å². The first-order valence-corrected chi connectivity index (χ1v) is 9.22. The first-order valence-electron chi connectivity index (χ1n) is 7.78. The molecule has 7 heteroatoms. The van der Waals surface area contributed by atoms with E-state index in [4.69, 9.17) is 0 Å². The van der Waals surface area contributed by atoms with Crippen LogP contribution in [0.2, 0.25) is 0 Å². The van der Waals surface area contributed by atoms with Gasteiger partial charge in [0.25, 0.3) is 10.0 Å². The van der Waals surface area contributed by atoms with Crippen LogP contribution >= 0.6 is 0 Å². The van der Waals surface area contributed by atoms with E-state index >= 15 is 0 Å². The van der Waals surface area contributed by atoms with Crippen LogP contribution in [-0.4, -0.2) is 42.1 Å². The lowest BCUT2D eigenvalue weighted by Crippen LogP contribution is -2.39. The average molecular weight is 314 g/mol. The van der Waals surface area contributed by atoms with E-state index in [9.17, 15) is 8.42 Å². The van der Waals surface area contributed by atoms with Crippen LogP contribution < -0.4 is 5.32 Å². The highest BCUT2D eigenvalue weighted by molar-refractivity contribution is 7.89. The van der Waals surface area contributed by atoms with Crippen LogP contribution in [0.25, 0.3) is 0 Å². The molecule has 0 unspecified atom stereocenters. The summed E-state index contributed by atoms with van der Waals surface area (Å²) in [4.78, 5) is 0. The van der Waals surface area contributed by atoms with Crippen molar-refractivity contribution in [1.29, 1.82) is 0 Å². The van der Waals surface area contributed by atoms with Crippen LogP contribution in [0.5, 0.6) is 0 Å². The summed E-state index contributed by atoms with van der Waals surface area (Å²) in [7, 11) is -3.52. The number of aromatic nitrogens is 2. The molecule has 1 aliphatic carbocycles. The average Bonchev–Trinajstić information content (AvgIpc) is 3.07. The van der Waals surface area contributed by atoms with Crippen molar-refractivity contribution in [2.75, 3.05) is 13.1 Å². The SMILES string of the molecule is CCNCc1c(S(=O)(=O)N(CC)C2CCCC2)n[nH]c1C. The quantitative estimate of drug-likeness (QED) is 0.804. The van der Waals surface area contributed by atoms with Crippen molar-refractivity contribution >= 4 is 10.0 Å². The van der Waals surface area contributed by atoms with Gasteiger partial charge in [0.05, 0.1) is 0 Å². The molecule has 120 valence electrons. The number of H-pyrrole nitrogens is 1. The molecule has 6 nitrogen and oxygen atoms in total. The van der Waals surface area contributed by atoms with Crippen LogP contribution in [-0.2, 0) is 16.6 Å². The van der Waals surface area contributed by atoms with Gasteiger partial charge in [0, 0.05) is 30.4 Å². The van der Waals surface area contributed by atoms with Crippen LogP contribution in [0.3, 0.4) is 0 Å². The second-order valence-electron chi connectivity index (χ2n) is 5.56. The third-order valence-electron chi connectivity index (χ3n) is 4.18. The Hall–Kier alpha value is -0.920. The van der Waals surface area contributed by atoms with Gasteiger partial charge in [0.1, 0.15) is 0 Å². The summed E-state index contributed by atoms with van der Waals surface area (Å²) in [6.07, 6.45) is 4.14. The summed E-state index contributed by atoms with van der Waals surface area (Å²) in [5.74, 6) is 0. The molecule has 0 aliphatic heterocycles. The second-order valence-corrected chi connectivity index (χ2v) is 7.37. The van der Waals surface area contributed by atoms with Crippen molar-refractivity contribution in [3.8, 4) is 0 Å². The molecule has 0 atom stereocenters. The summed E-state index contributed by atoms with van der Waals surface area (Å²) in [6.45, 7) is 7.59. The van der Waals surface area contributed by atoms with E-state index in [2.05, 4.69) is 15.5 Å². The molecule has 1 aromatic rings. The highest BCUT2D eigenvalue weighted by Gasteiger charge is 2.35. The predicted molar refractivity (Wildman–Crippen MR) is 82.5 cm³/mol. The Balaban J connectivity index is 2.33. The molecule has 1 heterocycles. The molecule has 1 saturated carbocycles. The van der Waals surface area contributed by atoms with E-state index in [1.165, 1.54) is 0 Å². The number of aromatic amines is 1. The van der Waals surface area contributed by atoms with E-state index in [1.807, 2.05) is 20.8 Å². The van der Waals surface area contributed by atoms with Gasteiger partial charge in [-0.3, -0.25) is 5.10 Å². The molecular formula is C14H26N4O2S. The van der Waals surface area contributed by atoms with Crippen molar-refractivity contribution in [2.24, 2.45) is 0 Å². The van der Waals surface area contributed by atoms with Gasteiger partial charge in [-0.05, 0) is 26.3 Å². The van der Waals surface area contributed by atoms with Gasteiger partial charge in [0.15, 0.2) is 5.03 Å². The summed E-state index contributed by atoms with van der Waals surface area (Å²) in [6, 6.07) is 0.129. The molecule has 21 heavy (non-hydrogen) atoms. The van der Waals surface area contributed by atoms with Crippen molar-refractivity contribution in [2.45, 2.75) is 64.1 Å². The Labute approximate surface area is 127 Å². The van der Waals surface area contributed by atoms with E-state index in [-0.39, 0.29) is 11.1 Å². The largest absolute Gasteiger partial charge is 0.313 e. The number of aryl methyl sites for hydroxylation is 1. The third kappa shape index (κ3) is 3.30. The number of rotatable bonds is 7. The molecule has 2 rings (SSSR count). The minimum atomic E-state index is -3.52. The molecule has 1 aromatic heterocycles. The lowest BCUT2D eigenvalue weighted by molar-refractivity contribution is 0.334. The van der Waals surface area contributed by atoms with E-state index in [0.717, 1.165) is 43.5 Å². The fourth-order valence-corrected chi connectivity index (χ4v) is 4.89. The number of hydrogen-bond acceptors (Lipinski definition) is 4. The van der Waals surface area contributed by atoms with Crippen molar-refractivity contribution in [3.63, 3.8) is 0 Å². The lowest BCUT2D eigenvalue weighted by atomic mass is 10.2. The molecule has 1 aliphatic rings. The maximum atomic E-state index is 13.0. The van der Waals surface area contributed by atoms with Crippen LogP contribution in [0, 0.1) is 6.92 Å². The van der Waals surface area contributed by atoms with Crippen LogP contribution in [0.1, 0.15) is 50.8 Å². The van der Waals surface area contributed by atoms with E-state index in [0.29, 0.717) is 13.1 Å². The molecule has 1 fully saturated rings. The molecule has 0 radical (unpaired) electrons. The zero-order valence-electron chi connectivity index (χ0n) is 13.1. The summed E-state index contributed by atoms with van der Waals surface area (Å²) < 4.78 is 27.6. The molecule has 0 aromatic carbocycles. The number of nitrogens with one attached hydrogen (secondary N) is 2. The van der Waals surface area contributed by atoms with Crippen LogP contribution in [0.4, 0.5) is 0 Å². The zero-order chi connectivity index (χ0) is 15.5. The second kappa shape index (κ2) is 6.89. The number of hydrogen-bond donors (Lipinski definition) is 2.